The number of nitrogens with zero attached hydrogens (tertiary/aromatic N) is 6. The van der Waals surface area contributed by atoms with Crippen LogP contribution in [-0.4, -0.2) is 53.3 Å². The van der Waals surface area contributed by atoms with Crippen LogP contribution in [-0.2, 0) is 6.54 Å². The first kappa shape index (κ1) is 19.9. The van der Waals surface area contributed by atoms with Crippen molar-refractivity contribution in [3.05, 3.63) is 53.0 Å². The number of hydrogen-bond donors (Lipinski definition) is 0. The summed E-state index contributed by atoms with van der Waals surface area (Å²) in [7, 11) is 1.64. The molecule has 8 nitrogen and oxygen atoms in total. The van der Waals surface area contributed by atoms with Gasteiger partial charge in [-0.25, -0.2) is 4.98 Å². The van der Waals surface area contributed by atoms with Crippen LogP contribution in [0.3, 0.4) is 0 Å². The number of piperazine rings is 1. The first-order valence-corrected chi connectivity index (χ1v) is 9.90. The van der Waals surface area contributed by atoms with E-state index >= 15 is 0 Å². The van der Waals surface area contributed by atoms with Crippen molar-refractivity contribution in [2.45, 2.75) is 20.4 Å². The van der Waals surface area contributed by atoms with Gasteiger partial charge in [-0.2, -0.15) is 10.2 Å². The second-order valence-electron chi connectivity index (χ2n) is 7.39. The number of aryl methyl sites for hydroxylation is 2. The molecule has 1 fully saturated rings. The van der Waals surface area contributed by atoms with Crippen molar-refractivity contribution < 1.29 is 9.26 Å². The lowest BCUT2D eigenvalue weighted by Gasteiger charge is -2.35. The molecule has 0 spiro atoms. The average Bonchev–Trinajstić information content (AvgIpc) is 3.22. The number of ether oxygens (including phenoxy) is 1. The number of hydrogen-bond acceptors (Lipinski definition) is 8. The maximum atomic E-state index is 9.53. The maximum absolute atomic E-state index is 9.53. The molecule has 1 saturated heterocycles. The predicted octanol–water partition coefficient (Wildman–Crippen LogP) is 2.95. The molecule has 4 rings (SSSR count). The topological polar surface area (TPSA) is 91.3 Å². The second kappa shape index (κ2) is 8.51. The van der Waals surface area contributed by atoms with E-state index in [2.05, 4.69) is 31.0 Å². The normalized spacial score (nSPS) is 14.5. The summed E-state index contributed by atoms with van der Waals surface area (Å²) in [5, 5.41) is 13.6. The van der Waals surface area contributed by atoms with Gasteiger partial charge in [-0.3, -0.25) is 4.90 Å². The number of anilines is 1. The summed E-state index contributed by atoms with van der Waals surface area (Å²) in [4.78, 5) is 13.6. The van der Waals surface area contributed by atoms with Crippen molar-refractivity contribution >= 4 is 5.82 Å². The van der Waals surface area contributed by atoms with E-state index in [0.717, 1.165) is 54.6 Å². The van der Waals surface area contributed by atoms with E-state index in [4.69, 9.17) is 9.26 Å². The van der Waals surface area contributed by atoms with Crippen LogP contribution in [0.5, 0.6) is 5.75 Å². The fraction of sp³-hybridized carbons (Fsp3) is 0.364. The Morgan fingerprint density at radius 1 is 1.10 bits per heavy atom. The predicted molar refractivity (Wildman–Crippen MR) is 112 cm³/mol. The highest BCUT2D eigenvalue weighted by atomic mass is 16.5. The Bertz CT molecular complexity index is 1060. The van der Waals surface area contributed by atoms with E-state index < -0.39 is 0 Å². The van der Waals surface area contributed by atoms with E-state index in [1.165, 1.54) is 0 Å². The maximum Gasteiger partial charge on any atom is 0.241 e. The van der Waals surface area contributed by atoms with E-state index in [1.54, 1.807) is 7.11 Å². The number of benzene rings is 1. The first-order valence-electron chi connectivity index (χ1n) is 9.90. The minimum Gasteiger partial charge on any atom is -0.497 e. The Morgan fingerprint density at radius 3 is 2.50 bits per heavy atom. The smallest absolute Gasteiger partial charge is 0.241 e. The second-order valence-corrected chi connectivity index (χ2v) is 7.39. The monoisotopic (exact) mass is 404 g/mol. The lowest BCUT2D eigenvalue weighted by molar-refractivity contribution is 0.215. The highest BCUT2D eigenvalue weighted by Crippen LogP contribution is 2.24. The van der Waals surface area contributed by atoms with Crippen LogP contribution in [0.4, 0.5) is 5.82 Å². The number of aromatic nitrogens is 3. The van der Waals surface area contributed by atoms with Gasteiger partial charge in [0.25, 0.3) is 0 Å². The molecule has 0 radical (unpaired) electrons. The molecule has 0 atom stereocenters. The first-order chi connectivity index (χ1) is 14.6. The molecule has 3 heterocycles. The van der Waals surface area contributed by atoms with Crippen LogP contribution in [0.15, 0.2) is 34.9 Å². The lowest BCUT2D eigenvalue weighted by atomic mass is 10.1. The lowest BCUT2D eigenvalue weighted by Crippen LogP contribution is -2.46. The molecule has 0 saturated carbocycles. The third kappa shape index (κ3) is 4.11. The quantitative estimate of drug-likeness (QED) is 0.641. The van der Waals surface area contributed by atoms with Gasteiger partial charge in [0, 0.05) is 37.4 Å². The summed E-state index contributed by atoms with van der Waals surface area (Å²) >= 11 is 0. The van der Waals surface area contributed by atoms with Crippen LogP contribution >= 0.6 is 0 Å². The molecule has 3 aromatic rings. The molecule has 0 bridgehead atoms. The molecule has 2 aromatic heterocycles. The zero-order valence-corrected chi connectivity index (χ0v) is 17.4. The van der Waals surface area contributed by atoms with Crippen molar-refractivity contribution in [2.24, 2.45) is 0 Å². The van der Waals surface area contributed by atoms with Gasteiger partial charge >= 0.3 is 0 Å². The van der Waals surface area contributed by atoms with E-state index in [1.807, 2.05) is 44.2 Å². The Hall–Kier alpha value is -3.44. The standard InChI is InChI=1S/C22H24N6O2/c1-15-12-16(2)24-22(19(15)13-23)28-10-8-27(9-11-28)14-20-25-21(26-30-20)17-4-6-18(29-3)7-5-17/h4-7,12H,8-11,14H2,1-3H3. The summed E-state index contributed by atoms with van der Waals surface area (Å²) in [6, 6.07) is 11.8. The van der Waals surface area contributed by atoms with Gasteiger partial charge in [-0.05, 0) is 49.7 Å². The van der Waals surface area contributed by atoms with Crippen molar-refractivity contribution in [1.29, 1.82) is 5.26 Å². The molecule has 8 heteroatoms. The number of methoxy groups -OCH3 is 1. The fourth-order valence-corrected chi connectivity index (χ4v) is 3.67. The van der Waals surface area contributed by atoms with Crippen molar-refractivity contribution in [3.63, 3.8) is 0 Å². The SMILES string of the molecule is COc1ccc(-c2noc(CN3CCN(c4nc(C)cc(C)c4C#N)CC3)n2)cc1. The third-order valence-corrected chi connectivity index (χ3v) is 5.28. The summed E-state index contributed by atoms with van der Waals surface area (Å²) in [5.74, 6) is 2.74. The Labute approximate surface area is 175 Å². The molecule has 1 aliphatic heterocycles. The van der Waals surface area contributed by atoms with Crippen LogP contribution in [0.1, 0.15) is 22.7 Å². The van der Waals surface area contributed by atoms with E-state index in [9.17, 15) is 5.26 Å². The van der Waals surface area contributed by atoms with Crippen LogP contribution < -0.4 is 9.64 Å². The molecule has 0 unspecified atom stereocenters. The highest BCUT2D eigenvalue weighted by molar-refractivity contribution is 5.58. The van der Waals surface area contributed by atoms with Gasteiger partial charge in [0.15, 0.2) is 0 Å². The summed E-state index contributed by atoms with van der Waals surface area (Å²) < 4.78 is 10.6. The Kier molecular flexibility index (Phi) is 5.63. The molecule has 0 aliphatic carbocycles. The minimum absolute atomic E-state index is 0.574. The molecule has 154 valence electrons. The number of rotatable bonds is 5. The van der Waals surface area contributed by atoms with E-state index in [-0.39, 0.29) is 0 Å². The van der Waals surface area contributed by atoms with Crippen molar-refractivity contribution in [1.82, 2.24) is 20.0 Å². The molecule has 0 amide bonds. The molecule has 1 aliphatic rings. The van der Waals surface area contributed by atoms with Gasteiger partial charge in [0.05, 0.1) is 19.2 Å². The Balaban J connectivity index is 1.39. The molecule has 0 N–H and O–H groups in total. The van der Waals surface area contributed by atoms with Gasteiger partial charge < -0.3 is 14.2 Å². The van der Waals surface area contributed by atoms with Gasteiger partial charge in [0.2, 0.25) is 11.7 Å². The highest BCUT2D eigenvalue weighted by Gasteiger charge is 2.23. The summed E-state index contributed by atoms with van der Waals surface area (Å²) in [6.45, 7) is 7.78. The number of pyridine rings is 1. The van der Waals surface area contributed by atoms with Gasteiger partial charge in [-0.15, -0.1) is 0 Å². The summed E-state index contributed by atoms with van der Waals surface area (Å²) in [6.07, 6.45) is 0. The van der Waals surface area contributed by atoms with Gasteiger partial charge in [0.1, 0.15) is 17.6 Å². The van der Waals surface area contributed by atoms with Crippen molar-refractivity contribution in [2.75, 3.05) is 38.2 Å². The minimum atomic E-state index is 0.574. The summed E-state index contributed by atoms with van der Waals surface area (Å²) in [5.41, 5.74) is 3.45. The zero-order valence-electron chi connectivity index (χ0n) is 17.4. The van der Waals surface area contributed by atoms with Crippen LogP contribution in [0.25, 0.3) is 11.4 Å². The fourth-order valence-electron chi connectivity index (χ4n) is 3.67. The van der Waals surface area contributed by atoms with E-state index in [0.29, 0.717) is 23.8 Å². The van der Waals surface area contributed by atoms with Crippen LogP contribution in [0, 0.1) is 25.2 Å². The molecular formula is C22H24N6O2. The molecule has 30 heavy (non-hydrogen) atoms. The average molecular weight is 404 g/mol. The number of nitriles is 1. The van der Waals surface area contributed by atoms with Crippen LogP contribution in [0.2, 0.25) is 0 Å². The van der Waals surface area contributed by atoms with Crippen molar-refractivity contribution in [3.8, 4) is 23.2 Å². The zero-order chi connectivity index (χ0) is 21.1. The largest absolute Gasteiger partial charge is 0.497 e. The molecule has 1 aromatic carbocycles. The molecular weight excluding hydrogens is 380 g/mol. The van der Waals surface area contributed by atoms with Gasteiger partial charge in [-0.1, -0.05) is 5.16 Å². The third-order valence-electron chi connectivity index (χ3n) is 5.28. The Morgan fingerprint density at radius 2 is 1.83 bits per heavy atom.